The standard InChI is InChI=1S/C28H41NO4/c1-7-9-17-29-25-20-23(31-6)14-15-24(25)26(32-18-10-8-2)27(28(29)30)33-19-16-22(5)13-11-12-21(3)4/h12,14-16,20H,7-11,13,17-19H2,1-6H3/b22-16+. The van der Waals surface area contributed by atoms with Gasteiger partial charge in [-0.15, -0.1) is 0 Å². The molecule has 0 radical (unpaired) electrons. The van der Waals surface area contributed by atoms with Gasteiger partial charge in [0.05, 0.1) is 19.2 Å². The molecular weight excluding hydrogens is 414 g/mol. The fourth-order valence-corrected chi connectivity index (χ4v) is 3.59. The Bertz CT molecular complexity index is 1010. The molecule has 0 atom stereocenters. The third-order valence-electron chi connectivity index (χ3n) is 5.62. The molecule has 0 unspecified atom stereocenters. The van der Waals surface area contributed by atoms with Gasteiger partial charge in [-0.1, -0.05) is 43.9 Å². The normalized spacial score (nSPS) is 11.5. The molecule has 0 fully saturated rings. The molecule has 1 aromatic carbocycles. The van der Waals surface area contributed by atoms with Gasteiger partial charge in [0.15, 0.2) is 5.75 Å². The van der Waals surface area contributed by atoms with Gasteiger partial charge < -0.3 is 18.8 Å². The lowest BCUT2D eigenvalue weighted by molar-refractivity contribution is 0.278. The molecule has 2 rings (SSSR count). The maximum absolute atomic E-state index is 13.6. The Morgan fingerprint density at radius 1 is 1.00 bits per heavy atom. The first-order valence-electron chi connectivity index (χ1n) is 12.2. The zero-order valence-corrected chi connectivity index (χ0v) is 21.3. The number of rotatable bonds is 14. The van der Waals surface area contributed by atoms with Gasteiger partial charge in [0.25, 0.3) is 5.56 Å². The highest BCUT2D eigenvalue weighted by atomic mass is 16.5. The minimum absolute atomic E-state index is 0.147. The molecule has 182 valence electrons. The number of ether oxygens (including phenoxy) is 3. The van der Waals surface area contributed by atoms with Crippen LogP contribution in [-0.4, -0.2) is 24.9 Å². The number of methoxy groups -OCH3 is 1. The zero-order valence-electron chi connectivity index (χ0n) is 21.3. The Hall–Kier alpha value is -2.69. The van der Waals surface area contributed by atoms with Crippen LogP contribution in [0, 0.1) is 0 Å². The topological polar surface area (TPSA) is 49.7 Å². The molecule has 0 aliphatic rings. The third kappa shape index (κ3) is 7.69. The fraction of sp³-hybridized carbons (Fsp3) is 0.536. The summed E-state index contributed by atoms with van der Waals surface area (Å²) in [6, 6.07) is 5.78. The second-order valence-electron chi connectivity index (χ2n) is 8.74. The Kier molecular flexibility index (Phi) is 11.1. The highest BCUT2D eigenvalue weighted by molar-refractivity contribution is 5.89. The van der Waals surface area contributed by atoms with Crippen molar-refractivity contribution in [2.45, 2.75) is 79.7 Å². The van der Waals surface area contributed by atoms with E-state index < -0.39 is 0 Å². The predicted molar refractivity (Wildman–Crippen MR) is 138 cm³/mol. The van der Waals surface area contributed by atoms with Crippen LogP contribution in [0.25, 0.3) is 10.9 Å². The van der Waals surface area contributed by atoms with E-state index in [0.717, 1.165) is 55.2 Å². The average molecular weight is 456 g/mol. The number of aromatic nitrogens is 1. The van der Waals surface area contributed by atoms with Crippen molar-refractivity contribution in [1.82, 2.24) is 4.57 Å². The van der Waals surface area contributed by atoms with Crippen LogP contribution in [0.5, 0.6) is 17.2 Å². The monoisotopic (exact) mass is 455 g/mol. The number of pyridine rings is 1. The molecular formula is C28H41NO4. The maximum Gasteiger partial charge on any atom is 0.297 e. The van der Waals surface area contributed by atoms with Gasteiger partial charge in [-0.2, -0.15) is 0 Å². The quantitative estimate of drug-likeness (QED) is 0.226. The van der Waals surface area contributed by atoms with Crippen molar-refractivity contribution in [1.29, 1.82) is 0 Å². The first kappa shape index (κ1) is 26.6. The van der Waals surface area contributed by atoms with Crippen LogP contribution < -0.4 is 19.8 Å². The molecule has 0 bridgehead atoms. The van der Waals surface area contributed by atoms with Gasteiger partial charge in [-0.3, -0.25) is 4.79 Å². The zero-order chi connectivity index (χ0) is 24.2. The summed E-state index contributed by atoms with van der Waals surface area (Å²) in [4.78, 5) is 13.6. The summed E-state index contributed by atoms with van der Waals surface area (Å²) in [6.07, 6.45) is 10.1. The summed E-state index contributed by atoms with van der Waals surface area (Å²) in [6.45, 7) is 12.1. The Morgan fingerprint density at radius 3 is 2.42 bits per heavy atom. The second kappa shape index (κ2) is 13.8. The molecule has 0 aliphatic heterocycles. The van der Waals surface area contributed by atoms with Crippen molar-refractivity contribution in [3.8, 4) is 17.2 Å². The summed E-state index contributed by atoms with van der Waals surface area (Å²) in [7, 11) is 1.64. The molecule has 0 amide bonds. The summed E-state index contributed by atoms with van der Waals surface area (Å²) >= 11 is 0. The number of benzene rings is 1. The van der Waals surface area contributed by atoms with Crippen molar-refractivity contribution in [2.75, 3.05) is 20.3 Å². The summed E-state index contributed by atoms with van der Waals surface area (Å²) in [5, 5.41) is 0.877. The molecule has 0 spiro atoms. The summed E-state index contributed by atoms with van der Waals surface area (Å²) in [5.74, 6) is 1.55. The molecule has 0 aliphatic carbocycles. The number of fused-ring (bicyclic) bond motifs is 1. The number of nitrogens with zero attached hydrogens (tertiary/aromatic N) is 1. The fourth-order valence-electron chi connectivity index (χ4n) is 3.59. The van der Waals surface area contributed by atoms with Gasteiger partial charge in [0.2, 0.25) is 5.75 Å². The van der Waals surface area contributed by atoms with Crippen LogP contribution in [0.3, 0.4) is 0 Å². The van der Waals surface area contributed by atoms with E-state index in [1.807, 2.05) is 18.2 Å². The summed E-state index contributed by atoms with van der Waals surface area (Å²) in [5.41, 5.74) is 3.25. The van der Waals surface area contributed by atoms with Gasteiger partial charge in [-0.05, 0) is 64.7 Å². The largest absolute Gasteiger partial charge is 0.497 e. The Morgan fingerprint density at radius 2 is 1.76 bits per heavy atom. The minimum Gasteiger partial charge on any atom is -0.497 e. The van der Waals surface area contributed by atoms with Crippen molar-refractivity contribution < 1.29 is 14.2 Å². The van der Waals surface area contributed by atoms with Crippen LogP contribution in [0.1, 0.15) is 73.1 Å². The predicted octanol–water partition coefficient (Wildman–Crippen LogP) is 7.06. The first-order valence-corrected chi connectivity index (χ1v) is 12.2. The van der Waals surface area contributed by atoms with Gasteiger partial charge in [0, 0.05) is 18.0 Å². The van der Waals surface area contributed by atoms with E-state index in [-0.39, 0.29) is 5.56 Å². The lowest BCUT2D eigenvalue weighted by atomic mass is 10.1. The molecule has 5 nitrogen and oxygen atoms in total. The Labute approximate surface area is 199 Å². The van der Waals surface area contributed by atoms with Crippen LogP contribution in [0.15, 0.2) is 46.3 Å². The van der Waals surface area contributed by atoms with E-state index in [9.17, 15) is 4.79 Å². The van der Waals surface area contributed by atoms with Crippen molar-refractivity contribution >= 4 is 10.9 Å². The molecule has 5 heteroatoms. The minimum atomic E-state index is -0.147. The lowest BCUT2D eigenvalue weighted by Gasteiger charge is -2.19. The molecule has 0 saturated heterocycles. The second-order valence-corrected chi connectivity index (χ2v) is 8.74. The molecule has 33 heavy (non-hydrogen) atoms. The van der Waals surface area contributed by atoms with Crippen LogP contribution in [0.4, 0.5) is 0 Å². The molecule has 2 aromatic rings. The number of unbranched alkanes of at least 4 members (excludes halogenated alkanes) is 2. The molecule has 1 heterocycles. The molecule has 0 saturated carbocycles. The van der Waals surface area contributed by atoms with E-state index in [4.69, 9.17) is 14.2 Å². The van der Waals surface area contributed by atoms with Crippen molar-refractivity contribution in [3.05, 3.63) is 51.9 Å². The van der Waals surface area contributed by atoms with Gasteiger partial charge >= 0.3 is 0 Å². The van der Waals surface area contributed by atoms with E-state index in [2.05, 4.69) is 46.8 Å². The number of hydrogen-bond acceptors (Lipinski definition) is 4. The van der Waals surface area contributed by atoms with E-state index in [1.165, 1.54) is 11.1 Å². The van der Waals surface area contributed by atoms with Gasteiger partial charge in [0.1, 0.15) is 12.4 Å². The van der Waals surface area contributed by atoms with Crippen molar-refractivity contribution in [3.63, 3.8) is 0 Å². The van der Waals surface area contributed by atoms with Crippen LogP contribution in [-0.2, 0) is 6.54 Å². The highest BCUT2D eigenvalue weighted by Crippen LogP contribution is 2.35. The van der Waals surface area contributed by atoms with Crippen molar-refractivity contribution in [2.24, 2.45) is 0 Å². The van der Waals surface area contributed by atoms with E-state index in [1.54, 1.807) is 11.7 Å². The molecule has 1 aromatic heterocycles. The summed E-state index contributed by atoms with van der Waals surface area (Å²) < 4.78 is 19.5. The van der Waals surface area contributed by atoms with Gasteiger partial charge in [-0.25, -0.2) is 0 Å². The van der Waals surface area contributed by atoms with E-state index >= 15 is 0 Å². The van der Waals surface area contributed by atoms with Crippen LogP contribution >= 0.6 is 0 Å². The number of allylic oxidation sites excluding steroid dienone is 3. The van der Waals surface area contributed by atoms with Crippen LogP contribution in [0.2, 0.25) is 0 Å². The number of aryl methyl sites for hydroxylation is 1. The lowest BCUT2D eigenvalue weighted by Crippen LogP contribution is -2.24. The third-order valence-corrected chi connectivity index (χ3v) is 5.62. The average Bonchev–Trinajstić information content (AvgIpc) is 2.79. The van der Waals surface area contributed by atoms with E-state index in [0.29, 0.717) is 31.3 Å². The maximum atomic E-state index is 13.6. The highest BCUT2D eigenvalue weighted by Gasteiger charge is 2.20. The SMILES string of the molecule is CCCCOc1c(OC/C=C(\C)CCC=C(C)C)c(=O)n(CCCC)c2cc(OC)ccc12. The Balaban J connectivity index is 2.46. The number of hydrogen-bond donors (Lipinski definition) is 0. The molecule has 0 N–H and O–H groups in total. The smallest absolute Gasteiger partial charge is 0.297 e. The first-order chi connectivity index (χ1) is 15.9.